The Hall–Kier alpha value is -3.37. The molecule has 5 rings (SSSR count). The van der Waals surface area contributed by atoms with E-state index in [0.29, 0.717) is 10.0 Å². The van der Waals surface area contributed by atoms with E-state index in [2.05, 4.69) is 30.9 Å². The highest BCUT2D eigenvalue weighted by Gasteiger charge is 2.14. The third-order valence-corrected chi connectivity index (χ3v) is 4.61. The van der Waals surface area contributed by atoms with Gasteiger partial charge in [-0.2, -0.15) is 0 Å². The SMILES string of the molecule is [2H]c1c([2H])c([2H])c(-c2nc(-c3c([2H])c([2H])c([2H])c([2H])c3[2H])nc(-c3cc(Br)cc4ccccc34)n2)c([2H])c1[2H]. The molecule has 0 fully saturated rings. The largest absolute Gasteiger partial charge is 0.208 e. The van der Waals surface area contributed by atoms with Gasteiger partial charge in [-0.3, -0.25) is 0 Å². The topological polar surface area (TPSA) is 38.7 Å². The van der Waals surface area contributed by atoms with Crippen molar-refractivity contribution in [2.24, 2.45) is 0 Å². The van der Waals surface area contributed by atoms with Gasteiger partial charge in [-0.15, -0.1) is 0 Å². The number of rotatable bonds is 3. The lowest BCUT2D eigenvalue weighted by molar-refractivity contribution is 1.08. The van der Waals surface area contributed by atoms with E-state index in [0.717, 1.165) is 10.8 Å². The number of hydrogen-bond acceptors (Lipinski definition) is 3. The maximum atomic E-state index is 8.43. The number of nitrogens with zero attached hydrogens (tertiary/aromatic N) is 3. The van der Waals surface area contributed by atoms with Crippen molar-refractivity contribution in [1.29, 1.82) is 0 Å². The van der Waals surface area contributed by atoms with Gasteiger partial charge >= 0.3 is 0 Å². The third kappa shape index (κ3) is 3.55. The van der Waals surface area contributed by atoms with Crippen molar-refractivity contribution in [3.63, 3.8) is 0 Å². The fraction of sp³-hybridized carbons (Fsp3) is 0. The summed E-state index contributed by atoms with van der Waals surface area (Å²) in [5.41, 5.74) is -0.125. The zero-order valence-electron chi connectivity index (χ0n) is 24.7. The third-order valence-electron chi connectivity index (χ3n) is 4.15. The van der Waals surface area contributed by atoms with Gasteiger partial charge in [0.05, 0.1) is 13.7 Å². The molecular weight excluding hydrogens is 422 g/mol. The molecule has 0 bridgehead atoms. The summed E-state index contributed by atoms with van der Waals surface area (Å²) < 4.78 is 82.6. The molecule has 5 aromatic rings. The van der Waals surface area contributed by atoms with Gasteiger partial charge in [0.25, 0.3) is 0 Å². The molecule has 0 atom stereocenters. The number of halogens is 1. The molecule has 0 radical (unpaired) electrons. The Morgan fingerprint density at radius 2 is 1.21 bits per heavy atom. The molecule has 1 aromatic heterocycles. The van der Waals surface area contributed by atoms with Gasteiger partial charge in [-0.25, -0.2) is 15.0 Å². The summed E-state index contributed by atoms with van der Waals surface area (Å²) in [7, 11) is 0. The van der Waals surface area contributed by atoms with Crippen LogP contribution in [0.1, 0.15) is 13.7 Å². The molecule has 0 saturated heterocycles. The van der Waals surface area contributed by atoms with Crippen LogP contribution in [0.15, 0.2) is 101 Å². The van der Waals surface area contributed by atoms with Gasteiger partial charge in [0.15, 0.2) is 17.5 Å². The zero-order chi connectivity index (χ0) is 28.3. The number of fused-ring (bicyclic) bond motifs is 1. The van der Waals surface area contributed by atoms with Crippen LogP contribution in [0.2, 0.25) is 0 Å². The molecule has 0 aliphatic rings. The van der Waals surface area contributed by atoms with Gasteiger partial charge in [-0.05, 0) is 22.9 Å². The van der Waals surface area contributed by atoms with Crippen LogP contribution in [0, 0.1) is 0 Å². The minimum atomic E-state index is -0.592. The Bertz CT molecular complexity index is 1700. The van der Waals surface area contributed by atoms with Crippen LogP contribution in [-0.2, 0) is 0 Å². The molecule has 4 heteroatoms. The van der Waals surface area contributed by atoms with Crippen molar-refractivity contribution in [2.75, 3.05) is 0 Å². The van der Waals surface area contributed by atoms with Gasteiger partial charge in [-0.1, -0.05) is 101 Å². The monoisotopic (exact) mass is 447 g/mol. The average Bonchev–Trinajstić information content (AvgIpc) is 2.92. The first-order valence-electron chi connectivity index (χ1n) is 13.5. The summed E-state index contributed by atoms with van der Waals surface area (Å²) >= 11 is 3.48. The molecular formula is C25H16BrN3. The molecule has 1 heterocycles. The summed E-state index contributed by atoms with van der Waals surface area (Å²) in [6.45, 7) is 0. The molecule has 4 aromatic carbocycles. The maximum Gasteiger partial charge on any atom is 0.164 e. The predicted molar refractivity (Wildman–Crippen MR) is 121 cm³/mol. The fourth-order valence-electron chi connectivity index (χ4n) is 2.90. The molecule has 3 nitrogen and oxygen atoms in total. The van der Waals surface area contributed by atoms with E-state index in [1.165, 1.54) is 0 Å². The van der Waals surface area contributed by atoms with Gasteiger partial charge in [0.2, 0.25) is 0 Å². The summed E-state index contributed by atoms with van der Waals surface area (Å²) in [6.07, 6.45) is 0. The molecule has 0 N–H and O–H groups in total. The maximum absolute atomic E-state index is 8.43. The highest BCUT2D eigenvalue weighted by Crippen LogP contribution is 2.32. The van der Waals surface area contributed by atoms with Crippen LogP contribution in [0.25, 0.3) is 44.9 Å². The summed E-state index contributed by atoms with van der Waals surface area (Å²) in [5.74, 6) is -0.586. The van der Waals surface area contributed by atoms with E-state index in [1.54, 1.807) is 6.07 Å². The van der Waals surface area contributed by atoms with Crippen LogP contribution < -0.4 is 0 Å². The second-order valence-corrected chi connectivity index (χ2v) is 6.90. The Labute approximate surface area is 191 Å². The van der Waals surface area contributed by atoms with Crippen molar-refractivity contribution < 1.29 is 13.7 Å². The minimum Gasteiger partial charge on any atom is -0.208 e. The van der Waals surface area contributed by atoms with E-state index < -0.39 is 60.4 Å². The first-order chi connectivity index (χ1) is 18.4. The molecule has 0 aliphatic carbocycles. The predicted octanol–water partition coefficient (Wildman–Crippen LogP) is 6.79. The average molecular weight is 448 g/mol. The standard InChI is InChI=1S/C25H16BrN3/c26-20-15-19-13-7-8-14-21(19)22(16-20)25-28-23(17-9-3-1-4-10-17)27-24(29-25)18-11-5-2-6-12-18/h1-16H/i1D,2D,3D,4D,5D,6D,9D,10D,11D,12D. The fourth-order valence-corrected chi connectivity index (χ4v) is 3.38. The summed E-state index contributed by atoms with van der Waals surface area (Å²) in [4.78, 5) is 13.3. The van der Waals surface area contributed by atoms with Crippen LogP contribution in [0.4, 0.5) is 0 Å². The Kier molecular flexibility index (Phi) is 2.58. The van der Waals surface area contributed by atoms with E-state index >= 15 is 0 Å². The lowest BCUT2D eigenvalue weighted by atomic mass is 10.0. The van der Waals surface area contributed by atoms with Crippen LogP contribution in [0.3, 0.4) is 0 Å². The molecule has 0 spiro atoms. The molecule has 0 aliphatic heterocycles. The van der Waals surface area contributed by atoms with Crippen molar-refractivity contribution in [3.8, 4) is 34.2 Å². The Morgan fingerprint density at radius 3 is 1.83 bits per heavy atom. The lowest BCUT2D eigenvalue weighted by Crippen LogP contribution is -2.00. The molecule has 0 saturated carbocycles. The van der Waals surface area contributed by atoms with E-state index in [9.17, 15) is 0 Å². The molecule has 29 heavy (non-hydrogen) atoms. The number of hydrogen-bond donors (Lipinski definition) is 0. The quantitative estimate of drug-likeness (QED) is 0.305. The van der Waals surface area contributed by atoms with Crippen LogP contribution in [-0.4, -0.2) is 15.0 Å². The Morgan fingerprint density at radius 1 is 0.655 bits per heavy atom. The first kappa shape index (κ1) is 9.90. The smallest absolute Gasteiger partial charge is 0.164 e. The van der Waals surface area contributed by atoms with E-state index in [4.69, 9.17) is 13.7 Å². The van der Waals surface area contributed by atoms with Gasteiger partial charge < -0.3 is 0 Å². The highest BCUT2D eigenvalue weighted by molar-refractivity contribution is 9.10. The van der Waals surface area contributed by atoms with Crippen LogP contribution in [0.5, 0.6) is 0 Å². The van der Waals surface area contributed by atoms with Crippen molar-refractivity contribution >= 4 is 26.7 Å². The first-order valence-corrected chi connectivity index (χ1v) is 9.31. The van der Waals surface area contributed by atoms with Crippen LogP contribution >= 0.6 is 15.9 Å². The highest BCUT2D eigenvalue weighted by atomic mass is 79.9. The lowest BCUT2D eigenvalue weighted by Gasteiger charge is -2.11. The molecule has 0 unspecified atom stereocenters. The summed E-state index contributed by atoms with van der Waals surface area (Å²) in [5, 5.41) is 1.56. The normalized spacial score (nSPS) is 15.8. The number of benzene rings is 4. The van der Waals surface area contributed by atoms with Crippen molar-refractivity contribution in [2.45, 2.75) is 0 Å². The number of aromatic nitrogens is 3. The molecule has 138 valence electrons. The van der Waals surface area contributed by atoms with Crippen molar-refractivity contribution in [1.82, 2.24) is 15.0 Å². The Balaban J connectivity index is 1.94. The van der Waals surface area contributed by atoms with Gasteiger partial charge in [0, 0.05) is 21.2 Å². The zero-order valence-corrected chi connectivity index (χ0v) is 16.3. The van der Waals surface area contributed by atoms with Crippen molar-refractivity contribution in [3.05, 3.63) is 101 Å². The van der Waals surface area contributed by atoms with E-state index in [-0.39, 0.29) is 28.6 Å². The minimum absolute atomic E-state index is 0.0196. The second kappa shape index (κ2) is 7.57. The van der Waals surface area contributed by atoms with E-state index in [1.807, 2.05) is 30.3 Å². The molecule has 0 amide bonds. The second-order valence-electron chi connectivity index (χ2n) is 5.98. The summed E-state index contributed by atoms with van der Waals surface area (Å²) in [6, 6.07) is 5.22. The van der Waals surface area contributed by atoms with Gasteiger partial charge in [0.1, 0.15) is 0 Å².